The summed E-state index contributed by atoms with van der Waals surface area (Å²) in [5.74, 6) is -0.746. The molecular formula is C16H10Cl4N4O2. The van der Waals surface area contributed by atoms with Gasteiger partial charge < -0.3 is 10.4 Å². The lowest BCUT2D eigenvalue weighted by atomic mass is 10.2. The molecule has 0 unspecified atom stereocenters. The fraction of sp³-hybridized carbons (Fsp3) is 0.0625. The van der Waals surface area contributed by atoms with Crippen LogP contribution in [0.25, 0.3) is 5.69 Å². The van der Waals surface area contributed by atoms with Gasteiger partial charge in [0.2, 0.25) is 5.82 Å². The van der Waals surface area contributed by atoms with E-state index in [0.29, 0.717) is 15.7 Å². The third kappa shape index (κ3) is 4.22. The van der Waals surface area contributed by atoms with Gasteiger partial charge >= 0.3 is 0 Å². The van der Waals surface area contributed by atoms with Gasteiger partial charge in [-0.05, 0) is 35.9 Å². The number of amides is 1. The van der Waals surface area contributed by atoms with Gasteiger partial charge in [0.1, 0.15) is 6.33 Å². The zero-order valence-corrected chi connectivity index (χ0v) is 15.9. The topological polar surface area (TPSA) is 80.0 Å². The largest absolute Gasteiger partial charge is 0.505 e. The van der Waals surface area contributed by atoms with Crippen molar-refractivity contribution in [3.05, 3.63) is 68.1 Å². The van der Waals surface area contributed by atoms with Crippen LogP contribution in [0.2, 0.25) is 20.1 Å². The standard InChI is InChI=1S/C16H10Cl4N4O2/c17-9-1-8(2-10(18)3-9)6-21-16(26)15-22-7-24(23-15)11-4-12(19)14(25)13(20)5-11/h1-5,7,25H,6H2,(H,21,26). The molecule has 0 radical (unpaired) electrons. The minimum atomic E-state index is -0.476. The van der Waals surface area contributed by atoms with E-state index in [1.807, 2.05) is 0 Å². The molecule has 0 spiro atoms. The van der Waals surface area contributed by atoms with Gasteiger partial charge in [-0.2, -0.15) is 0 Å². The van der Waals surface area contributed by atoms with Gasteiger partial charge in [-0.3, -0.25) is 4.79 Å². The van der Waals surface area contributed by atoms with Crippen LogP contribution in [0.15, 0.2) is 36.7 Å². The van der Waals surface area contributed by atoms with Crippen LogP contribution in [0.5, 0.6) is 5.75 Å². The monoisotopic (exact) mass is 430 g/mol. The number of aromatic hydroxyl groups is 1. The van der Waals surface area contributed by atoms with E-state index in [1.54, 1.807) is 18.2 Å². The molecule has 1 aromatic heterocycles. The van der Waals surface area contributed by atoms with Crippen molar-refractivity contribution in [2.24, 2.45) is 0 Å². The highest BCUT2D eigenvalue weighted by molar-refractivity contribution is 6.37. The minimum Gasteiger partial charge on any atom is -0.505 e. The Kier molecular flexibility index (Phi) is 5.58. The second kappa shape index (κ2) is 7.72. The molecular weight excluding hydrogens is 422 g/mol. The molecule has 2 aromatic carbocycles. The Morgan fingerprint density at radius 1 is 1.04 bits per heavy atom. The van der Waals surface area contributed by atoms with Crippen molar-refractivity contribution in [3.63, 3.8) is 0 Å². The van der Waals surface area contributed by atoms with E-state index in [9.17, 15) is 9.90 Å². The van der Waals surface area contributed by atoms with Crippen molar-refractivity contribution in [3.8, 4) is 11.4 Å². The zero-order valence-electron chi connectivity index (χ0n) is 12.9. The maximum Gasteiger partial charge on any atom is 0.291 e. The number of phenols is 1. The quantitative estimate of drug-likeness (QED) is 0.636. The molecule has 1 amide bonds. The Bertz CT molecular complexity index is 947. The van der Waals surface area contributed by atoms with Crippen LogP contribution in [-0.4, -0.2) is 25.8 Å². The third-order valence-corrected chi connectivity index (χ3v) is 4.35. The van der Waals surface area contributed by atoms with Crippen molar-refractivity contribution in [2.45, 2.75) is 6.54 Å². The maximum atomic E-state index is 12.2. The average Bonchev–Trinajstić information content (AvgIpc) is 3.06. The van der Waals surface area contributed by atoms with Crippen LogP contribution in [0, 0.1) is 0 Å². The molecule has 0 aliphatic rings. The number of aromatic nitrogens is 3. The van der Waals surface area contributed by atoms with E-state index in [2.05, 4.69) is 15.4 Å². The number of hydrogen-bond acceptors (Lipinski definition) is 4. The fourth-order valence-electron chi connectivity index (χ4n) is 2.15. The molecule has 0 aliphatic carbocycles. The van der Waals surface area contributed by atoms with Crippen LogP contribution in [-0.2, 0) is 6.54 Å². The first-order valence-corrected chi connectivity index (χ1v) is 8.68. The second-order valence-corrected chi connectivity index (χ2v) is 6.92. The first-order chi connectivity index (χ1) is 12.3. The van der Waals surface area contributed by atoms with Crippen LogP contribution < -0.4 is 5.32 Å². The van der Waals surface area contributed by atoms with Crippen molar-refractivity contribution >= 4 is 52.3 Å². The number of carbonyl (C=O) groups excluding carboxylic acids is 1. The van der Waals surface area contributed by atoms with Crippen molar-refractivity contribution < 1.29 is 9.90 Å². The van der Waals surface area contributed by atoms with E-state index in [0.717, 1.165) is 5.56 Å². The number of phenolic OH excluding ortho intramolecular Hbond substituents is 1. The highest BCUT2D eigenvalue weighted by Crippen LogP contribution is 2.33. The first-order valence-electron chi connectivity index (χ1n) is 7.16. The smallest absolute Gasteiger partial charge is 0.291 e. The Labute approximate surface area is 168 Å². The Morgan fingerprint density at radius 2 is 1.65 bits per heavy atom. The second-order valence-electron chi connectivity index (χ2n) is 5.23. The van der Waals surface area contributed by atoms with E-state index in [4.69, 9.17) is 46.4 Å². The molecule has 0 saturated carbocycles. The molecule has 1 heterocycles. The fourth-order valence-corrected chi connectivity index (χ4v) is 3.20. The number of hydrogen-bond donors (Lipinski definition) is 2. The van der Waals surface area contributed by atoms with Gasteiger partial charge in [0.15, 0.2) is 5.75 Å². The van der Waals surface area contributed by atoms with Gasteiger partial charge in [-0.1, -0.05) is 46.4 Å². The number of carbonyl (C=O) groups is 1. The van der Waals surface area contributed by atoms with Crippen LogP contribution >= 0.6 is 46.4 Å². The van der Waals surface area contributed by atoms with Crippen molar-refractivity contribution in [2.75, 3.05) is 0 Å². The molecule has 0 saturated heterocycles. The summed E-state index contributed by atoms with van der Waals surface area (Å²) < 4.78 is 1.32. The van der Waals surface area contributed by atoms with Crippen LogP contribution in [0.3, 0.4) is 0 Å². The number of nitrogens with one attached hydrogen (secondary N) is 1. The predicted molar refractivity (Wildman–Crippen MR) is 101 cm³/mol. The summed E-state index contributed by atoms with van der Waals surface area (Å²) in [5.41, 5.74) is 1.19. The number of benzene rings is 2. The molecule has 26 heavy (non-hydrogen) atoms. The SMILES string of the molecule is O=C(NCc1cc(Cl)cc(Cl)c1)c1ncn(-c2cc(Cl)c(O)c(Cl)c2)n1. The lowest BCUT2D eigenvalue weighted by Crippen LogP contribution is -2.24. The first kappa shape index (κ1) is 18.8. The van der Waals surface area contributed by atoms with E-state index < -0.39 is 5.91 Å². The molecule has 0 aliphatic heterocycles. The lowest BCUT2D eigenvalue weighted by Gasteiger charge is -2.05. The van der Waals surface area contributed by atoms with Gasteiger partial charge in [0.05, 0.1) is 15.7 Å². The molecule has 0 atom stereocenters. The van der Waals surface area contributed by atoms with Crippen molar-refractivity contribution in [1.82, 2.24) is 20.1 Å². The molecule has 3 aromatic rings. The average molecular weight is 432 g/mol. The summed E-state index contributed by atoms with van der Waals surface area (Å²) in [6.07, 6.45) is 1.34. The van der Waals surface area contributed by atoms with Gasteiger partial charge in [0.25, 0.3) is 5.91 Å². The third-order valence-electron chi connectivity index (χ3n) is 3.34. The lowest BCUT2D eigenvalue weighted by molar-refractivity contribution is 0.0940. The normalized spacial score (nSPS) is 10.8. The number of halogens is 4. The van der Waals surface area contributed by atoms with E-state index in [1.165, 1.54) is 23.1 Å². The van der Waals surface area contributed by atoms with Crippen LogP contribution in [0.4, 0.5) is 0 Å². The summed E-state index contributed by atoms with van der Waals surface area (Å²) in [6, 6.07) is 7.89. The highest BCUT2D eigenvalue weighted by atomic mass is 35.5. The molecule has 3 rings (SSSR count). The Balaban J connectivity index is 1.74. The van der Waals surface area contributed by atoms with E-state index >= 15 is 0 Å². The summed E-state index contributed by atoms with van der Waals surface area (Å²) in [4.78, 5) is 16.2. The molecule has 10 heteroatoms. The summed E-state index contributed by atoms with van der Waals surface area (Å²) in [6.45, 7) is 0.213. The Morgan fingerprint density at radius 3 is 2.27 bits per heavy atom. The summed E-state index contributed by atoms with van der Waals surface area (Å²) in [7, 11) is 0. The summed E-state index contributed by atoms with van der Waals surface area (Å²) in [5, 5.41) is 17.4. The van der Waals surface area contributed by atoms with E-state index in [-0.39, 0.29) is 28.2 Å². The molecule has 6 nitrogen and oxygen atoms in total. The predicted octanol–water partition coefficient (Wildman–Crippen LogP) is 4.52. The van der Waals surface area contributed by atoms with Gasteiger partial charge in [-0.15, -0.1) is 5.10 Å². The summed E-state index contributed by atoms with van der Waals surface area (Å²) >= 11 is 23.6. The number of rotatable bonds is 4. The zero-order chi connectivity index (χ0) is 18.8. The van der Waals surface area contributed by atoms with Crippen molar-refractivity contribution in [1.29, 1.82) is 0 Å². The molecule has 2 N–H and O–H groups in total. The van der Waals surface area contributed by atoms with Crippen LogP contribution in [0.1, 0.15) is 16.2 Å². The number of nitrogens with zero attached hydrogens (tertiary/aromatic N) is 3. The molecule has 0 bridgehead atoms. The molecule has 134 valence electrons. The van der Waals surface area contributed by atoms with Gasteiger partial charge in [-0.25, -0.2) is 9.67 Å². The van der Waals surface area contributed by atoms with Gasteiger partial charge in [0, 0.05) is 16.6 Å². The maximum absolute atomic E-state index is 12.2. The Hall–Kier alpha value is -1.99. The highest BCUT2D eigenvalue weighted by Gasteiger charge is 2.14. The minimum absolute atomic E-state index is 0.0431. The molecule has 0 fully saturated rings.